The number of aromatic amines is 2. The molecule has 16 N–H and O–H groups in total. The molecule has 1 unspecified atom stereocenters. The van der Waals surface area contributed by atoms with Crippen molar-refractivity contribution in [2.75, 3.05) is 71.1 Å². The lowest BCUT2D eigenvalue weighted by atomic mass is 9.90. The van der Waals surface area contributed by atoms with E-state index in [0.29, 0.717) is 64.5 Å². The Morgan fingerprint density at radius 3 is 1.75 bits per heavy atom. The van der Waals surface area contributed by atoms with E-state index in [1.807, 2.05) is 80.6 Å². The fourth-order valence-electron chi connectivity index (χ4n) is 17.2. The fourth-order valence-corrected chi connectivity index (χ4v) is 18.9. The molecule has 37 nitrogen and oxygen atoms in total. The molecule has 6 aromatic rings. The predicted octanol–water partition coefficient (Wildman–Crippen LogP) is 3.45. The number of aliphatic hydroxyl groups excluding tert-OH is 1. The van der Waals surface area contributed by atoms with Crippen LogP contribution in [0, 0.1) is 17.8 Å². The van der Waals surface area contributed by atoms with Crippen LogP contribution >= 0.6 is 23.5 Å². The van der Waals surface area contributed by atoms with Gasteiger partial charge in [0.05, 0.1) is 37.4 Å². The molecule has 2 aromatic heterocycles. The monoisotopic (exact) mass is 1920 g/mol. The molecular formula is C97H134N18O19S2. The number of H-pyrrole nitrogens is 2. The molecule has 0 bridgehead atoms. The molecule has 5 heterocycles. The number of aromatic hydroxyl groups is 1. The van der Waals surface area contributed by atoms with E-state index in [1.54, 1.807) is 59.1 Å². The van der Waals surface area contributed by atoms with E-state index in [1.165, 1.54) is 78.8 Å². The average Bonchev–Trinajstić information content (AvgIpc) is 1.20. The Hall–Kier alpha value is -12.4. The van der Waals surface area contributed by atoms with E-state index in [4.69, 9.17) is 5.73 Å². The molecule has 0 radical (unpaired) electrons. The highest BCUT2D eigenvalue weighted by Crippen LogP contribution is 2.30. The van der Waals surface area contributed by atoms with Gasteiger partial charge in [0, 0.05) is 123 Å². The van der Waals surface area contributed by atoms with Gasteiger partial charge in [-0.3, -0.25) is 81.5 Å². The van der Waals surface area contributed by atoms with Crippen molar-refractivity contribution < 1.29 is 91.7 Å². The van der Waals surface area contributed by atoms with E-state index in [0.717, 1.165) is 31.8 Å². The minimum Gasteiger partial charge on any atom is -0.508 e. The van der Waals surface area contributed by atoms with Gasteiger partial charge < -0.3 is 104 Å². The number of para-hydroxylation sites is 2. The summed E-state index contributed by atoms with van der Waals surface area (Å²) in [7, 11) is 4.09. The summed E-state index contributed by atoms with van der Waals surface area (Å²) in [5.74, 6) is -16.1. The number of nitrogens with two attached hydrogens (primary N) is 1. The van der Waals surface area contributed by atoms with E-state index in [9.17, 15) is 58.2 Å². The molecule has 39 heteroatoms. The summed E-state index contributed by atoms with van der Waals surface area (Å²) in [6, 6.07) is 12.7. The van der Waals surface area contributed by atoms with Gasteiger partial charge in [-0.2, -0.15) is 0 Å². The van der Waals surface area contributed by atoms with E-state index in [2.05, 4.69) is 63.1 Å². The highest BCUT2D eigenvalue weighted by atomic mass is 32.2. The van der Waals surface area contributed by atoms with Gasteiger partial charge in [-0.05, 0) is 123 Å². The van der Waals surface area contributed by atoms with Crippen LogP contribution in [0.25, 0.3) is 21.8 Å². The van der Waals surface area contributed by atoms with Crippen molar-refractivity contribution in [3.8, 4) is 5.75 Å². The first kappa shape index (κ1) is 107. The molecule has 0 spiro atoms. The van der Waals surface area contributed by atoms with Crippen molar-refractivity contribution in [3.05, 3.63) is 132 Å². The van der Waals surface area contributed by atoms with Crippen molar-refractivity contribution in [3.63, 3.8) is 0 Å². The maximum Gasteiger partial charge on any atom is 0.246 e. The number of fused-ring (bicyclic) bond motifs is 4. The summed E-state index contributed by atoms with van der Waals surface area (Å²) in [4.78, 5) is 264. The zero-order valence-corrected chi connectivity index (χ0v) is 81.0. The predicted molar refractivity (Wildman–Crippen MR) is 514 cm³/mol. The number of unbranched alkanes of at least 4 members (excludes halogenated alkanes) is 2. The third-order valence-corrected chi connectivity index (χ3v) is 26.9. The zero-order valence-electron chi connectivity index (χ0n) is 79.3. The van der Waals surface area contributed by atoms with Crippen LogP contribution in [0.4, 0.5) is 0 Å². The summed E-state index contributed by atoms with van der Waals surface area (Å²) in [6.45, 7) is 12.3. The van der Waals surface area contributed by atoms with Gasteiger partial charge in [0.25, 0.3) is 0 Å². The van der Waals surface area contributed by atoms with Crippen LogP contribution in [0.5, 0.6) is 5.75 Å². The number of benzene rings is 4. The van der Waals surface area contributed by atoms with Crippen LogP contribution in [-0.2, 0) is 101 Å². The lowest BCUT2D eigenvalue weighted by Gasteiger charge is -2.36. The Morgan fingerprint density at radius 1 is 0.559 bits per heavy atom. The second-order valence-corrected chi connectivity index (χ2v) is 38.3. The molecular weight excluding hydrogens is 1790 g/mol. The number of aromatic nitrogens is 2. The number of likely N-dealkylation sites (N-methyl/N-ethyl adjacent to an activating group) is 3. The van der Waals surface area contributed by atoms with Crippen molar-refractivity contribution in [1.82, 2.24) is 87.6 Å². The third-order valence-electron chi connectivity index (χ3n) is 24.8. The number of hydrogen-bond donors (Lipinski definition) is 15. The van der Waals surface area contributed by atoms with Crippen LogP contribution < -0.4 is 58.9 Å². The normalized spacial score (nSPS) is 24.2. The number of aliphatic hydroxyl groups is 1. The Morgan fingerprint density at radius 2 is 1.12 bits per heavy atom. The topological polar surface area (TPSA) is 525 Å². The molecule has 3 saturated heterocycles. The molecule has 3 aliphatic rings. The number of thioether (sulfide) groups is 2. The number of Topliss-reactive ketones (excluding diaryl/α,β-unsaturated/α-hetero) is 1. The molecule has 3 aliphatic heterocycles. The molecule has 738 valence electrons. The summed E-state index contributed by atoms with van der Waals surface area (Å²) in [5.41, 5.74) is 8.79. The molecule has 136 heavy (non-hydrogen) atoms. The van der Waals surface area contributed by atoms with E-state index in [-0.39, 0.29) is 114 Å². The first-order chi connectivity index (χ1) is 64.9. The maximum atomic E-state index is 15.7. The smallest absolute Gasteiger partial charge is 0.246 e. The zero-order chi connectivity index (χ0) is 99.1. The number of hydrogen-bond acceptors (Lipinski definition) is 21. The first-order valence-electron chi connectivity index (χ1n) is 46.8. The SMILES string of the molecule is CCCC[C@H]1C(=O)N(C)[C@@H](CCCC)C(=O)N[C@@H](CC(C)C)C(=O)N[C@H](C(=O)NCC(=O)NCCSc2ccccc2)CSCC(=O)N[C@@H](Cc2ccc(O)cc2)C(=O)N(C)[C@@H](C)C(=O)N[C@@H](CC(N)=O)C(=O)N2CCC[C@H]2C(=O)N[C@@H](CC)C(=O)N[C@@H](CC(C)C)C(=O)N2C[C@H](O)C[C@H]2C(=O)C[C@@H](Cc2c[nH]c3ccccc23)C(=O)NCC(=O)NC(Cc2c[nH]c3ccccc23)C(=O)N1C. The number of ketones is 1. The van der Waals surface area contributed by atoms with Crippen LogP contribution in [-0.4, -0.2) is 295 Å². The van der Waals surface area contributed by atoms with Gasteiger partial charge >= 0.3 is 0 Å². The summed E-state index contributed by atoms with van der Waals surface area (Å²) in [5, 5.41) is 50.4. The molecule has 3 fully saturated rings. The molecule has 0 saturated carbocycles. The Kier molecular flexibility index (Phi) is 41.1. The minimum absolute atomic E-state index is 0.000223. The van der Waals surface area contributed by atoms with Gasteiger partial charge in [-0.15, -0.1) is 23.5 Å². The standard InChI is InChI=1S/C97H134N18O19S2/c1-12-15-31-77-91(128)107-71(41-56(4)5)90(127)110-76(88(125)103-51-83(120)99-38-40-136-65-25-18-17-19-26-65)54-135-55-85(122)105-73(43-59-34-36-63(116)37-35-59)93(130)111(9)58(8)86(123)108-75(48-82(98)119)95(132)114-39-24-33-78(114)92(129)106-68(14-3)89(126)109-72(42-57(6)7)96(133)115-53-64(117)47-80(115)81(118)46-60(44-61-49-100-69-29-22-20-27-66(61)69)87(124)102-52-84(121)104-74(45-62-50-101-70-30-23-21-28-67(62)70)94(131)113(11)79(32-16-13-2)97(134)112(77)10/h17-23,25-30,34-37,49-50,56-58,60,64,68,71-80,100-101,116-117H,12-16,24,31-33,38-48,51-55H2,1-11H3,(H2,98,119)(H,99,120)(H,102,124)(H,103,125)(H,104,121)(H,105,122)(H,106,129)(H,107,128)(H,108,123)(H,109,126)(H,110,127)/t58-,60+,64+,68-,71-,72-,73-,74?,75-,76-,77-,78-,79-,80-/m0/s1. The average molecular weight is 1920 g/mol. The Balaban J connectivity index is 1.06. The summed E-state index contributed by atoms with van der Waals surface area (Å²) >= 11 is 2.33. The lowest BCUT2D eigenvalue weighted by Crippen LogP contribution is -2.60. The quantitative estimate of drug-likeness (QED) is 0.0273. The van der Waals surface area contributed by atoms with Crippen LogP contribution in [0.15, 0.2) is 120 Å². The molecule has 14 atom stereocenters. The number of nitrogens with one attached hydrogen (secondary N) is 12. The van der Waals surface area contributed by atoms with E-state index >= 15 is 33.6 Å². The van der Waals surface area contributed by atoms with Gasteiger partial charge in [0.1, 0.15) is 72.2 Å². The Bertz CT molecular complexity index is 5190. The molecule has 0 aliphatic carbocycles. The second kappa shape index (κ2) is 52.1. The number of carbonyl (C=O) groups is 17. The van der Waals surface area contributed by atoms with Crippen LogP contribution in [0.1, 0.15) is 162 Å². The Labute approximate surface area is 801 Å². The highest BCUT2D eigenvalue weighted by Gasteiger charge is 2.46. The third kappa shape index (κ3) is 30.6. The van der Waals surface area contributed by atoms with Crippen molar-refractivity contribution in [1.29, 1.82) is 0 Å². The molecule has 9 rings (SSSR count). The highest BCUT2D eigenvalue weighted by molar-refractivity contribution is 8.00. The van der Waals surface area contributed by atoms with Crippen molar-refractivity contribution in [2.45, 2.75) is 248 Å². The number of amides is 16. The second-order valence-electron chi connectivity index (χ2n) is 36.1. The number of primary amides is 1. The van der Waals surface area contributed by atoms with Gasteiger partial charge in [0.15, 0.2) is 5.78 Å². The van der Waals surface area contributed by atoms with Crippen molar-refractivity contribution in [2.24, 2.45) is 23.5 Å². The maximum absolute atomic E-state index is 15.7. The number of phenolic OH excluding ortho intramolecular Hbond substituents is 1. The number of nitrogens with zero attached hydrogens (tertiary/aromatic N) is 5. The van der Waals surface area contributed by atoms with Crippen molar-refractivity contribution >= 4 is 146 Å². The van der Waals surface area contributed by atoms with Crippen LogP contribution in [0.3, 0.4) is 0 Å². The minimum atomic E-state index is -1.73. The van der Waals surface area contributed by atoms with Gasteiger partial charge in [-0.1, -0.05) is 141 Å². The first-order valence-corrected chi connectivity index (χ1v) is 49.0. The molecule has 16 amide bonds. The summed E-state index contributed by atoms with van der Waals surface area (Å²) < 4.78 is 0. The van der Waals surface area contributed by atoms with Gasteiger partial charge in [0.2, 0.25) is 94.5 Å². The lowest BCUT2D eigenvalue weighted by molar-refractivity contribution is -0.149. The number of phenols is 1. The number of rotatable bonds is 26. The molecule has 4 aromatic carbocycles. The fraction of sp³-hybridized carbons (Fsp3) is 0.536. The van der Waals surface area contributed by atoms with Gasteiger partial charge in [-0.25, -0.2) is 0 Å². The van der Waals surface area contributed by atoms with E-state index < -0.39 is 217 Å². The van der Waals surface area contributed by atoms with Crippen LogP contribution in [0.2, 0.25) is 0 Å². The number of carbonyl (C=O) groups excluding carboxylic acids is 17. The summed E-state index contributed by atoms with van der Waals surface area (Å²) in [6.07, 6.45) is 2.31. The largest absolute Gasteiger partial charge is 0.508 e.